The number of H-pyrrole nitrogens is 1. The number of para-hydroxylation sites is 1. The molecule has 0 bridgehead atoms. The first-order chi connectivity index (χ1) is 13.0. The Balaban J connectivity index is 1.46. The second-order valence-corrected chi connectivity index (χ2v) is 8.79. The lowest BCUT2D eigenvalue weighted by Gasteiger charge is -2.07. The number of nitrogens with zero attached hydrogens (tertiary/aromatic N) is 1. The van der Waals surface area contributed by atoms with Crippen molar-refractivity contribution in [3.8, 4) is 0 Å². The second-order valence-electron chi connectivity index (χ2n) is 6.51. The van der Waals surface area contributed by atoms with Gasteiger partial charge in [-0.15, -0.1) is 0 Å². The summed E-state index contributed by atoms with van der Waals surface area (Å²) >= 11 is 0. The Morgan fingerprint density at radius 2 is 1.85 bits per heavy atom. The molecule has 0 aliphatic rings. The molecule has 0 amide bonds. The van der Waals surface area contributed by atoms with Gasteiger partial charge in [0.1, 0.15) is 5.82 Å². The van der Waals surface area contributed by atoms with Gasteiger partial charge in [0.15, 0.2) is 9.84 Å². The van der Waals surface area contributed by atoms with Gasteiger partial charge in [0.25, 0.3) is 0 Å². The lowest BCUT2D eigenvalue weighted by atomic mass is 10.2. The Labute approximate surface area is 158 Å². The number of benzene rings is 2. The molecule has 27 heavy (non-hydrogen) atoms. The molecule has 2 aromatic carbocycles. The van der Waals surface area contributed by atoms with Gasteiger partial charge in [0.05, 0.1) is 16.2 Å². The summed E-state index contributed by atoms with van der Waals surface area (Å²) in [6.07, 6.45) is 0.863. The van der Waals surface area contributed by atoms with Crippen LogP contribution in [0.1, 0.15) is 12.6 Å². The maximum Gasteiger partial charge on any atom is 0.178 e. The molecule has 0 atom stereocenters. The van der Waals surface area contributed by atoms with Crippen LogP contribution in [0.5, 0.6) is 0 Å². The van der Waals surface area contributed by atoms with Crippen LogP contribution in [0.4, 0.5) is 5.82 Å². The van der Waals surface area contributed by atoms with E-state index in [0.717, 1.165) is 35.2 Å². The van der Waals surface area contributed by atoms with Gasteiger partial charge in [-0.05, 0) is 47.9 Å². The number of nitrogens with one attached hydrogen (secondary N) is 2. The van der Waals surface area contributed by atoms with Crippen LogP contribution < -0.4 is 5.32 Å². The molecule has 0 saturated carbocycles. The SMILES string of the molecule is CCS(=O)(=O)c1ccc2nc(NCCc3cc4ccccc4[nH]3)ccc2c1. The number of anilines is 1. The van der Waals surface area contributed by atoms with Gasteiger partial charge in [0.2, 0.25) is 0 Å². The van der Waals surface area contributed by atoms with Crippen LogP contribution in [0.2, 0.25) is 0 Å². The number of hydrogen-bond donors (Lipinski definition) is 2. The van der Waals surface area contributed by atoms with Crippen LogP contribution >= 0.6 is 0 Å². The molecule has 0 saturated heterocycles. The van der Waals surface area contributed by atoms with Gasteiger partial charge in [-0.25, -0.2) is 13.4 Å². The van der Waals surface area contributed by atoms with Crippen LogP contribution in [0.25, 0.3) is 21.8 Å². The largest absolute Gasteiger partial charge is 0.370 e. The zero-order chi connectivity index (χ0) is 18.9. The van der Waals surface area contributed by atoms with Gasteiger partial charge in [0, 0.05) is 29.6 Å². The Kier molecular flexibility index (Phi) is 4.58. The van der Waals surface area contributed by atoms with Crippen LogP contribution in [0.3, 0.4) is 0 Å². The van der Waals surface area contributed by atoms with Crippen molar-refractivity contribution in [2.45, 2.75) is 18.2 Å². The highest BCUT2D eigenvalue weighted by atomic mass is 32.2. The fourth-order valence-corrected chi connectivity index (χ4v) is 4.07. The van der Waals surface area contributed by atoms with Crippen molar-refractivity contribution in [1.29, 1.82) is 0 Å². The quantitative estimate of drug-likeness (QED) is 0.527. The summed E-state index contributed by atoms with van der Waals surface area (Å²) in [4.78, 5) is 8.35. The summed E-state index contributed by atoms with van der Waals surface area (Å²) in [6, 6.07) is 19.3. The van der Waals surface area contributed by atoms with Crippen molar-refractivity contribution in [2.75, 3.05) is 17.6 Å². The third kappa shape index (κ3) is 3.66. The first-order valence-corrected chi connectivity index (χ1v) is 10.6. The highest BCUT2D eigenvalue weighted by Crippen LogP contribution is 2.21. The molecule has 6 heteroatoms. The maximum atomic E-state index is 12.0. The summed E-state index contributed by atoms with van der Waals surface area (Å²) in [7, 11) is -3.20. The molecule has 2 heterocycles. The van der Waals surface area contributed by atoms with E-state index in [1.165, 1.54) is 11.1 Å². The standard InChI is InChI=1S/C21H21N3O2S/c1-2-27(25,26)18-8-9-20-16(14-18)7-10-21(24-20)22-12-11-17-13-15-5-3-4-6-19(15)23-17/h3-10,13-14,23H,2,11-12H2,1H3,(H,22,24). The third-order valence-corrected chi connectivity index (χ3v) is 6.42. The van der Waals surface area contributed by atoms with Crippen LogP contribution in [-0.4, -0.2) is 30.7 Å². The summed E-state index contributed by atoms with van der Waals surface area (Å²) in [5.74, 6) is 0.879. The molecule has 0 spiro atoms. The van der Waals surface area contributed by atoms with E-state index in [9.17, 15) is 8.42 Å². The van der Waals surface area contributed by atoms with E-state index in [4.69, 9.17) is 0 Å². The fraction of sp³-hybridized carbons (Fsp3) is 0.190. The van der Waals surface area contributed by atoms with Gasteiger partial charge in [-0.3, -0.25) is 0 Å². The zero-order valence-corrected chi connectivity index (χ0v) is 15.9. The van der Waals surface area contributed by atoms with Crippen molar-refractivity contribution in [3.05, 3.63) is 66.4 Å². The summed E-state index contributed by atoms with van der Waals surface area (Å²) < 4.78 is 24.0. The average molecular weight is 379 g/mol. The number of aromatic nitrogens is 2. The first kappa shape index (κ1) is 17.5. The summed E-state index contributed by atoms with van der Waals surface area (Å²) in [5, 5.41) is 5.38. The maximum absolute atomic E-state index is 12.0. The van der Waals surface area contributed by atoms with Crippen LogP contribution in [0.15, 0.2) is 65.6 Å². The van der Waals surface area contributed by atoms with Crippen molar-refractivity contribution in [3.63, 3.8) is 0 Å². The highest BCUT2D eigenvalue weighted by Gasteiger charge is 2.12. The summed E-state index contributed by atoms with van der Waals surface area (Å²) in [6.45, 7) is 2.41. The first-order valence-electron chi connectivity index (χ1n) is 8.99. The van der Waals surface area contributed by atoms with Gasteiger partial charge < -0.3 is 10.3 Å². The molecular weight excluding hydrogens is 358 g/mol. The molecule has 5 nitrogen and oxygen atoms in total. The lowest BCUT2D eigenvalue weighted by Crippen LogP contribution is -2.07. The smallest absolute Gasteiger partial charge is 0.178 e. The van der Waals surface area contributed by atoms with E-state index in [0.29, 0.717) is 4.90 Å². The molecule has 4 rings (SSSR count). The van der Waals surface area contributed by atoms with Crippen molar-refractivity contribution in [2.24, 2.45) is 0 Å². The topological polar surface area (TPSA) is 74.8 Å². The fourth-order valence-electron chi connectivity index (χ4n) is 3.16. The molecule has 0 fully saturated rings. The minimum absolute atomic E-state index is 0.0966. The Hall–Kier alpha value is -2.86. The molecule has 0 aliphatic carbocycles. The van der Waals surface area contributed by atoms with E-state index in [1.54, 1.807) is 25.1 Å². The number of pyridine rings is 1. The normalized spacial score (nSPS) is 11.9. The van der Waals surface area contributed by atoms with Gasteiger partial charge >= 0.3 is 0 Å². The summed E-state index contributed by atoms with van der Waals surface area (Å²) in [5.41, 5.74) is 3.11. The van der Waals surface area contributed by atoms with Crippen molar-refractivity contribution >= 4 is 37.5 Å². The van der Waals surface area contributed by atoms with Crippen LogP contribution in [0, 0.1) is 0 Å². The number of sulfone groups is 1. The molecule has 2 N–H and O–H groups in total. The van der Waals surface area contributed by atoms with Crippen LogP contribution in [-0.2, 0) is 16.3 Å². The minimum Gasteiger partial charge on any atom is -0.370 e. The highest BCUT2D eigenvalue weighted by molar-refractivity contribution is 7.91. The molecule has 0 radical (unpaired) electrons. The van der Waals surface area contributed by atoms with E-state index >= 15 is 0 Å². The van der Waals surface area contributed by atoms with Crippen molar-refractivity contribution in [1.82, 2.24) is 9.97 Å². The molecule has 138 valence electrons. The number of fused-ring (bicyclic) bond motifs is 2. The minimum atomic E-state index is -3.20. The Morgan fingerprint density at radius 3 is 2.67 bits per heavy atom. The van der Waals surface area contributed by atoms with E-state index in [-0.39, 0.29) is 5.75 Å². The lowest BCUT2D eigenvalue weighted by molar-refractivity contribution is 0.597. The zero-order valence-electron chi connectivity index (χ0n) is 15.1. The second kappa shape index (κ2) is 7.04. The Morgan fingerprint density at radius 1 is 1.00 bits per heavy atom. The monoisotopic (exact) mass is 379 g/mol. The predicted octanol–water partition coefficient (Wildman–Crippen LogP) is 4.16. The number of aromatic amines is 1. The molecule has 4 aromatic rings. The number of hydrogen-bond acceptors (Lipinski definition) is 4. The average Bonchev–Trinajstić information content (AvgIpc) is 3.10. The molecule has 2 aromatic heterocycles. The van der Waals surface area contributed by atoms with Crippen molar-refractivity contribution < 1.29 is 8.42 Å². The number of rotatable bonds is 6. The van der Waals surface area contributed by atoms with E-state index < -0.39 is 9.84 Å². The predicted molar refractivity (Wildman–Crippen MR) is 110 cm³/mol. The molecule has 0 aliphatic heterocycles. The van der Waals surface area contributed by atoms with Gasteiger partial charge in [-0.1, -0.05) is 25.1 Å². The third-order valence-electron chi connectivity index (χ3n) is 4.69. The van der Waals surface area contributed by atoms with E-state index in [1.807, 2.05) is 24.3 Å². The Bertz CT molecular complexity index is 1180. The van der Waals surface area contributed by atoms with E-state index in [2.05, 4.69) is 33.5 Å². The molecular formula is C21H21N3O2S. The molecule has 0 unspecified atom stereocenters. The van der Waals surface area contributed by atoms with Gasteiger partial charge in [-0.2, -0.15) is 0 Å².